The van der Waals surface area contributed by atoms with Gasteiger partial charge in [0.2, 0.25) is 0 Å². The highest BCUT2D eigenvalue weighted by molar-refractivity contribution is 5.28. The fourth-order valence-electron chi connectivity index (χ4n) is 0.731. The van der Waals surface area contributed by atoms with Crippen LogP contribution in [0.25, 0.3) is 0 Å². The second kappa shape index (κ2) is 6.28. The zero-order valence-corrected chi connectivity index (χ0v) is 7.72. The van der Waals surface area contributed by atoms with E-state index in [1.807, 2.05) is 26.2 Å². The Morgan fingerprint density at radius 3 is 2.00 bits per heavy atom. The van der Waals surface area contributed by atoms with Gasteiger partial charge < -0.3 is 10.6 Å². The van der Waals surface area contributed by atoms with Gasteiger partial charge in [-0.05, 0) is 18.2 Å². The monoisotopic (exact) mass is 164 g/mol. The Labute approximate surface area is 74.4 Å². The van der Waals surface area contributed by atoms with Gasteiger partial charge in [0.15, 0.2) is 0 Å². The van der Waals surface area contributed by atoms with Crippen molar-refractivity contribution in [2.24, 2.45) is 0 Å². The minimum Gasteiger partial charge on any atom is -0.388 e. The van der Waals surface area contributed by atoms with Gasteiger partial charge in [0.05, 0.1) is 0 Å². The molecule has 0 amide bonds. The highest BCUT2D eigenvalue weighted by Crippen LogP contribution is 1.97. The van der Waals surface area contributed by atoms with E-state index < -0.39 is 0 Å². The lowest BCUT2D eigenvalue weighted by atomic mass is 10.3. The highest BCUT2D eigenvalue weighted by atomic mass is 14.9. The predicted molar refractivity (Wildman–Crippen MR) is 54.7 cm³/mol. The molecule has 2 nitrogen and oxygen atoms in total. The Bertz CT molecular complexity index is 212. The maximum Gasteiger partial charge on any atom is 0.0358 e. The van der Waals surface area contributed by atoms with Crippen molar-refractivity contribution in [3.63, 3.8) is 0 Å². The van der Waals surface area contributed by atoms with Crippen LogP contribution in [0.5, 0.6) is 0 Å². The summed E-state index contributed by atoms with van der Waals surface area (Å²) in [6.07, 6.45) is 7.34. The Balaban J connectivity index is 4.53. The molecule has 0 aromatic carbocycles. The molecule has 0 aliphatic heterocycles. The number of likely N-dealkylation sites (N-methyl/N-ethyl adjacent to an activating group) is 2. The third kappa shape index (κ3) is 3.66. The molecule has 0 aromatic rings. The third-order valence-electron chi connectivity index (χ3n) is 1.41. The van der Waals surface area contributed by atoms with Gasteiger partial charge in [-0.25, -0.2) is 0 Å². The second-order valence-electron chi connectivity index (χ2n) is 2.16. The first-order chi connectivity index (χ1) is 5.78. The molecular weight excluding hydrogens is 148 g/mol. The molecule has 0 fully saturated rings. The van der Waals surface area contributed by atoms with Gasteiger partial charge in [-0.1, -0.05) is 19.2 Å². The summed E-state index contributed by atoms with van der Waals surface area (Å²) in [5, 5.41) is 6.03. The van der Waals surface area contributed by atoms with Crippen LogP contribution in [-0.4, -0.2) is 14.1 Å². The first-order valence-electron chi connectivity index (χ1n) is 3.80. The van der Waals surface area contributed by atoms with E-state index in [9.17, 15) is 0 Å². The molecule has 0 rings (SSSR count). The second-order valence-corrected chi connectivity index (χ2v) is 2.16. The van der Waals surface area contributed by atoms with E-state index in [0.717, 1.165) is 11.4 Å². The third-order valence-corrected chi connectivity index (χ3v) is 1.41. The molecular formula is C10H16N2. The molecule has 0 aromatic heterocycles. The lowest BCUT2D eigenvalue weighted by molar-refractivity contribution is 0.988. The average molecular weight is 164 g/mol. The van der Waals surface area contributed by atoms with E-state index in [2.05, 4.69) is 23.8 Å². The van der Waals surface area contributed by atoms with E-state index in [1.165, 1.54) is 0 Å². The standard InChI is InChI=1S/C10H16N2/c1-5-7-10(12-4)8-9(6-2)11-3/h5-8,11-12H,1-2H2,3-4H3/b9-8+,10-7+. The van der Waals surface area contributed by atoms with Gasteiger partial charge in [-0.15, -0.1) is 0 Å². The average Bonchev–Trinajstić information content (AvgIpc) is 2.12. The number of hydrogen-bond acceptors (Lipinski definition) is 2. The van der Waals surface area contributed by atoms with E-state index in [4.69, 9.17) is 0 Å². The lowest BCUT2D eigenvalue weighted by Crippen LogP contribution is -2.08. The molecule has 2 heteroatoms. The molecule has 0 saturated carbocycles. The van der Waals surface area contributed by atoms with Crippen LogP contribution < -0.4 is 10.6 Å². The van der Waals surface area contributed by atoms with E-state index in [1.54, 1.807) is 12.2 Å². The van der Waals surface area contributed by atoms with Gasteiger partial charge in [-0.3, -0.25) is 0 Å². The highest BCUT2D eigenvalue weighted by Gasteiger charge is 1.88. The summed E-state index contributed by atoms with van der Waals surface area (Å²) in [4.78, 5) is 0. The molecule has 2 N–H and O–H groups in total. The van der Waals surface area contributed by atoms with Crippen LogP contribution in [0.1, 0.15) is 0 Å². The molecule has 12 heavy (non-hydrogen) atoms. The summed E-state index contributed by atoms with van der Waals surface area (Å²) in [5.74, 6) is 0. The SMILES string of the molecule is C=C/C=C(\C=C(/C=C)NC)NC. The zero-order chi connectivity index (χ0) is 9.40. The van der Waals surface area contributed by atoms with Crippen molar-refractivity contribution in [3.05, 3.63) is 48.9 Å². The van der Waals surface area contributed by atoms with E-state index in [-0.39, 0.29) is 0 Å². The Morgan fingerprint density at radius 1 is 1.08 bits per heavy atom. The molecule has 0 unspecified atom stereocenters. The van der Waals surface area contributed by atoms with Crippen LogP contribution >= 0.6 is 0 Å². The summed E-state index contributed by atoms with van der Waals surface area (Å²) < 4.78 is 0. The minimum absolute atomic E-state index is 0.970. The van der Waals surface area contributed by atoms with Gasteiger partial charge >= 0.3 is 0 Å². The maximum absolute atomic E-state index is 3.67. The fourth-order valence-corrected chi connectivity index (χ4v) is 0.731. The largest absolute Gasteiger partial charge is 0.388 e. The zero-order valence-electron chi connectivity index (χ0n) is 7.72. The first-order valence-corrected chi connectivity index (χ1v) is 3.80. The van der Waals surface area contributed by atoms with Gasteiger partial charge in [0.25, 0.3) is 0 Å². The Kier molecular flexibility index (Phi) is 5.53. The molecule has 0 saturated heterocycles. The number of allylic oxidation sites excluding steroid dienone is 4. The summed E-state index contributed by atoms with van der Waals surface area (Å²) in [6.45, 7) is 7.28. The molecule has 0 aliphatic carbocycles. The van der Waals surface area contributed by atoms with Crippen LogP contribution in [0, 0.1) is 0 Å². The van der Waals surface area contributed by atoms with E-state index >= 15 is 0 Å². The summed E-state index contributed by atoms with van der Waals surface area (Å²) in [5.41, 5.74) is 1.96. The molecule has 0 aliphatic rings. The van der Waals surface area contributed by atoms with Crippen molar-refractivity contribution < 1.29 is 0 Å². The molecule has 0 radical (unpaired) electrons. The normalized spacial score (nSPS) is 12.2. The maximum atomic E-state index is 3.67. The van der Waals surface area contributed by atoms with Gasteiger partial charge in [-0.2, -0.15) is 0 Å². The number of nitrogens with one attached hydrogen (secondary N) is 2. The predicted octanol–water partition coefficient (Wildman–Crippen LogP) is 1.56. The smallest absolute Gasteiger partial charge is 0.0358 e. The van der Waals surface area contributed by atoms with Crippen molar-refractivity contribution >= 4 is 0 Å². The topological polar surface area (TPSA) is 24.1 Å². The van der Waals surface area contributed by atoms with Crippen LogP contribution in [0.2, 0.25) is 0 Å². The Morgan fingerprint density at radius 2 is 1.67 bits per heavy atom. The molecule has 0 heterocycles. The van der Waals surface area contributed by atoms with Gasteiger partial charge in [0.1, 0.15) is 0 Å². The van der Waals surface area contributed by atoms with Crippen LogP contribution in [-0.2, 0) is 0 Å². The number of rotatable bonds is 5. The Hall–Kier alpha value is -1.44. The van der Waals surface area contributed by atoms with Crippen molar-refractivity contribution in [2.75, 3.05) is 14.1 Å². The number of hydrogen-bond donors (Lipinski definition) is 2. The lowest BCUT2D eigenvalue weighted by Gasteiger charge is -2.03. The van der Waals surface area contributed by atoms with Crippen molar-refractivity contribution in [1.29, 1.82) is 0 Å². The molecule has 66 valence electrons. The van der Waals surface area contributed by atoms with Crippen LogP contribution in [0.3, 0.4) is 0 Å². The van der Waals surface area contributed by atoms with Crippen molar-refractivity contribution in [1.82, 2.24) is 10.6 Å². The fraction of sp³-hybridized carbons (Fsp3) is 0.200. The van der Waals surface area contributed by atoms with Crippen LogP contribution in [0.4, 0.5) is 0 Å². The summed E-state index contributed by atoms with van der Waals surface area (Å²) in [6, 6.07) is 0. The summed E-state index contributed by atoms with van der Waals surface area (Å²) >= 11 is 0. The van der Waals surface area contributed by atoms with E-state index in [0.29, 0.717) is 0 Å². The van der Waals surface area contributed by atoms with Crippen molar-refractivity contribution in [2.45, 2.75) is 0 Å². The molecule has 0 spiro atoms. The van der Waals surface area contributed by atoms with Crippen LogP contribution in [0.15, 0.2) is 48.9 Å². The molecule has 0 bridgehead atoms. The summed E-state index contributed by atoms with van der Waals surface area (Å²) in [7, 11) is 3.72. The van der Waals surface area contributed by atoms with Crippen molar-refractivity contribution in [3.8, 4) is 0 Å². The van der Waals surface area contributed by atoms with Gasteiger partial charge in [0, 0.05) is 25.5 Å². The first kappa shape index (κ1) is 10.6. The molecule has 0 atom stereocenters. The minimum atomic E-state index is 0.970. The quantitative estimate of drug-likeness (QED) is 0.603.